The SMILES string of the molecule is CC1Cc2ccccc2N1C(=O)c1csc(C2CCN(C(=O)C3CCCCC3)CC2)n1. The molecule has 5 rings (SSSR count). The summed E-state index contributed by atoms with van der Waals surface area (Å²) in [6.45, 7) is 3.74. The van der Waals surface area contributed by atoms with Crippen LogP contribution in [0.3, 0.4) is 0 Å². The van der Waals surface area contributed by atoms with Crippen molar-refractivity contribution in [3.63, 3.8) is 0 Å². The number of hydrogen-bond donors (Lipinski definition) is 0. The van der Waals surface area contributed by atoms with Crippen LogP contribution in [0.15, 0.2) is 29.6 Å². The van der Waals surface area contributed by atoms with Crippen molar-refractivity contribution >= 4 is 28.8 Å². The van der Waals surface area contributed by atoms with Crippen molar-refractivity contribution in [2.75, 3.05) is 18.0 Å². The normalized spacial score (nSPS) is 22.5. The van der Waals surface area contributed by atoms with Crippen molar-refractivity contribution in [1.29, 1.82) is 0 Å². The first-order valence-electron chi connectivity index (χ1n) is 11.8. The Morgan fingerprint density at radius 3 is 2.55 bits per heavy atom. The highest BCUT2D eigenvalue weighted by Gasteiger charge is 2.34. The Labute approximate surface area is 188 Å². The number of fused-ring (bicyclic) bond motifs is 1. The summed E-state index contributed by atoms with van der Waals surface area (Å²) in [4.78, 5) is 34.8. The largest absolute Gasteiger partial charge is 0.342 e. The number of carbonyl (C=O) groups excluding carboxylic acids is 2. The Kier molecular flexibility index (Phi) is 5.83. The zero-order chi connectivity index (χ0) is 21.4. The predicted molar refractivity (Wildman–Crippen MR) is 124 cm³/mol. The highest BCUT2D eigenvalue weighted by Crippen LogP contribution is 2.35. The number of hydrogen-bond acceptors (Lipinski definition) is 4. The third-order valence-corrected chi connectivity index (χ3v) is 8.28. The second-order valence-corrected chi connectivity index (χ2v) is 10.3. The standard InChI is InChI=1S/C25H31N3O2S/c1-17-15-20-9-5-6-10-22(20)28(17)25(30)21-16-31-23(26-21)18-11-13-27(14-12-18)24(29)19-7-3-2-4-8-19/h5-6,9-10,16-19H,2-4,7-8,11-15H2,1H3. The highest BCUT2D eigenvalue weighted by atomic mass is 32.1. The van der Waals surface area contributed by atoms with Crippen molar-refractivity contribution in [2.24, 2.45) is 5.92 Å². The van der Waals surface area contributed by atoms with Crippen LogP contribution in [0.5, 0.6) is 0 Å². The Hall–Kier alpha value is -2.21. The zero-order valence-electron chi connectivity index (χ0n) is 18.3. The summed E-state index contributed by atoms with van der Waals surface area (Å²) in [5, 5.41) is 2.97. The molecule has 2 aliphatic heterocycles. The van der Waals surface area contributed by atoms with Gasteiger partial charge in [-0.25, -0.2) is 4.98 Å². The van der Waals surface area contributed by atoms with Gasteiger partial charge in [0, 0.05) is 42.0 Å². The Balaban J connectivity index is 1.22. The van der Waals surface area contributed by atoms with E-state index >= 15 is 0 Å². The van der Waals surface area contributed by atoms with Gasteiger partial charge < -0.3 is 9.80 Å². The van der Waals surface area contributed by atoms with Gasteiger partial charge in [0.25, 0.3) is 5.91 Å². The lowest BCUT2D eigenvalue weighted by atomic mass is 9.87. The quantitative estimate of drug-likeness (QED) is 0.677. The lowest BCUT2D eigenvalue weighted by molar-refractivity contribution is -0.137. The number of thiazole rings is 1. The van der Waals surface area contributed by atoms with Gasteiger partial charge >= 0.3 is 0 Å². The number of carbonyl (C=O) groups is 2. The Morgan fingerprint density at radius 1 is 1.03 bits per heavy atom. The molecule has 0 radical (unpaired) electrons. The van der Waals surface area contributed by atoms with Gasteiger partial charge in [0.1, 0.15) is 5.69 Å². The van der Waals surface area contributed by atoms with E-state index < -0.39 is 0 Å². The number of nitrogens with zero attached hydrogens (tertiary/aromatic N) is 3. The molecule has 1 aliphatic carbocycles. The Morgan fingerprint density at radius 2 is 1.77 bits per heavy atom. The van der Waals surface area contributed by atoms with Gasteiger partial charge in [-0.3, -0.25) is 9.59 Å². The molecule has 1 saturated carbocycles. The maximum Gasteiger partial charge on any atom is 0.278 e. The van der Waals surface area contributed by atoms with Gasteiger partial charge in [0.2, 0.25) is 5.91 Å². The fraction of sp³-hybridized carbons (Fsp3) is 0.560. The summed E-state index contributed by atoms with van der Waals surface area (Å²) in [7, 11) is 0. The number of rotatable bonds is 3. The first kappa shape index (κ1) is 20.7. The van der Waals surface area contributed by atoms with E-state index in [1.807, 2.05) is 28.5 Å². The topological polar surface area (TPSA) is 53.5 Å². The van der Waals surface area contributed by atoms with Gasteiger partial charge in [-0.1, -0.05) is 37.5 Å². The van der Waals surface area contributed by atoms with E-state index in [1.54, 1.807) is 11.3 Å². The van der Waals surface area contributed by atoms with Gasteiger partial charge in [-0.15, -0.1) is 11.3 Å². The minimum absolute atomic E-state index is 0.00450. The average molecular weight is 438 g/mol. The van der Waals surface area contributed by atoms with Gasteiger partial charge in [-0.05, 0) is 50.7 Å². The van der Waals surface area contributed by atoms with Crippen LogP contribution in [-0.2, 0) is 11.2 Å². The van der Waals surface area contributed by atoms with E-state index in [4.69, 9.17) is 4.98 Å². The second kappa shape index (κ2) is 8.73. The maximum atomic E-state index is 13.2. The van der Waals surface area contributed by atoms with Crippen LogP contribution >= 0.6 is 11.3 Å². The Bertz CT molecular complexity index is 957. The number of likely N-dealkylation sites (tertiary alicyclic amines) is 1. The van der Waals surface area contributed by atoms with Crippen LogP contribution in [-0.4, -0.2) is 40.8 Å². The molecular formula is C25H31N3O2S. The van der Waals surface area contributed by atoms with E-state index in [-0.39, 0.29) is 17.9 Å². The van der Waals surface area contributed by atoms with E-state index in [1.165, 1.54) is 24.8 Å². The summed E-state index contributed by atoms with van der Waals surface area (Å²) in [6.07, 6.45) is 8.59. The van der Waals surface area contributed by atoms with Gasteiger partial charge in [0.05, 0.1) is 5.01 Å². The lowest BCUT2D eigenvalue weighted by Crippen LogP contribution is -2.41. The van der Waals surface area contributed by atoms with E-state index in [0.717, 1.165) is 55.9 Å². The number of para-hydroxylation sites is 1. The molecule has 0 N–H and O–H groups in total. The highest BCUT2D eigenvalue weighted by molar-refractivity contribution is 7.10. The molecule has 3 aliphatic rings. The molecule has 31 heavy (non-hydrogen) atoms. The van der Waals surface area contributed by atoms with Crippen molar-refractivity contribution in [1.82, 2.24) is 9.88 Å². The molecule has 1 aromatic heterocycles. The van der Waals surface area contributed by atoms with E-state index in [2.05, 4.69) is 17.9 Å². The molecule has 1 unspecified atom stereocenters. The zero-order valence-corrected chi connectivity index (χ0v) is 19.1. The molecule has 2 aromatic rings. The summed E-state index contributed by atoms with van der Waals surface area (Å²) in [6, 6.07) is 8.32. The third kappa shape index (κ3) is 4.02. The molecule has 0 spiro atoms. The average Bonchev–Trinajstić information content (AvgIpc) is 3.43. The minimum atomic E-state index is 0.00450. The number of benzene rings is 1. The van der Waals surface area contributed by atoms with E-state index in [9.17, 15) is 9.59 Å². The van der Waals surface area contributed by atoms with Crippen LogP contribution < -0.4 is 4.90 Å². The maximum absolute atomic E-state index is 13.2. The molecule has 0 bridgehead atoms. The molecule has 5 nitrogen and oxygen atoms in total. The minimum Gasteiger partial charge on any atom is -0.342 e. The molecule has 3 heterocycles. The molecule has 1 aromatic carbocycles. The smallest absolute Gasteiger partial charge is 0.278 e. The molecule has 2 fully saturated rings. The van der Waals surface area contributed by atoms with Crippen LogP contribution in [0, 0.1) is 5.92 Å². The summed E-state index contributed by atoms with van der Waals surface area (Å²) < 4.78 is 0. The number of piperidine rings is 1. The molecule has 1 atom stereocenters. The van der Waals surface area contributed by atoms with Crippen molar-refractivity contribution in [3.05, 3.63) is 45.9 Å². The fourth-order valence-electron chi connectivity index (χ4n) is 5.53. The molecule has 164 valence electrons. The molecule has 1 saturated heterocycles. The van der Waals surface area contributed by atoms with Crippen LogP contribution in [0.25, 0.3) is 0 Å². The number of aromatic nitrogens is 1. The molecular weight excluding hydrogens is 406 g/mol. The van der Waals surface area contributed by atoms with Crippen molar-refractivity contribution in [3.8, 4) is 0 Å². The number of amides is 2. The lowest BCUT2D eigenvalue weighted by Gasteiger charge is -2.34. The summed E-state index contributed by atoms with van der Waals surface area (Å²) in [5.41, 5.74) is 2.81. The van der Waals surface area contributed by atoms with Crippen LogP contribution in [0.4, 0.5) is 5.69 Å². The predicted octanol–water partition coefficient (Wildman–Crippen LogP) is 5.02. The summed E-state index contributed by atoms with van der Waals surface area (Å²) >= 11 is 1.60. The summed E-state index contributed by atoms with van der Waals surface area (Å²) in [5.74, 6) is 0.977. The first-order valence-corrected chi connectivity index (χ1v) is 12.7. The third-order valence-electron chi connectivity index (χ3n) is 7.28. The van der Waals surface area contributed by atoms with Gasteiger partial charge in [0.15, 0.2) is 0 Å². The van der Waals surface area contributed by atoms with Crippen LogP contribution in [0.1, 0.15) is 78.8 Å². The van der Waals surface area contributed by atoms with Crippen LogP contribution in [0.2, 0.25) is 0 Å². The van der Waals surface area contributed by atoms with Gasteiger partial charge in [-0.2, -0.15) is 0 Å². The molecule has 2 amide bonds. The fourth-order valence-corrected chi connectivity index (χ4v) is 6.49. The molecule has 6 heteroatoms. The second-order valence-electron chi connectivity index (χ2n) is 9.36. The number of anilines is 1. The van der Waals surface area contributed by atoms with Crippen molar-refractivity contribution < 1.29 is 9.59 Å². The van der Waals surface area contributed by atoms with Crippen molar-refractivity contribution in [2.45, 2.75) is 70.3 Å². The monoisotopic (exact) mass is 437 g/mol. The first-order chi connectivity index (χ1) is 15.1. The van der Waals surface area contributed by atoms with E-state index in [0.29, 0.717) is 17.5 Å².